The van der Waals surface area contributed by atoms with Crippen LogP contribution >= 0.6 is 0 Å². The molecule has 1 heterocycles. The fourth-order valence-corrected chi connectivity index (χ4v) is 1.65. The van der Waals surface area contributed by atoms with Crippen LogP contribution in [0.1, 0.15) is 16.1 Å². The number of carbonyl (C=O) groups is 1. The highest BCUT2D eigenvalue weighted by Crippen LogP contribution is 2.20. The van der Waals surface area contributed by atoms with Gasteiger partial charge in [-0.15, -0.1) is 0 Å². The molecule has 2 aromatic rings. The highest BCUT2D eigenvalue weighted by molar-refractivity contribution is 6.07. The van der Waals surface area contributed by atoms with E-state index in [0.717, 1.165) is 11.8 Å². The van der Waals surface area contributed by atoms with E-state index in [9.17, 15) is 14.9 Å². The highest BCUT2D eigenvalue weighted by atomic mass is 16.6. The molecule has 0 radical (unpaired) electrons. The second kappa shape index (κ2) is 5.35. The van der Waals surface area contributed by atoms with Gasteiger partial charge in [-0.3, -0.25) is 14.9 Å². The van der Waals surface area contributed by atoms with Gasteiger partial charge in [-0.25, -0.2) is 4.98 Å². The minimum Gasteiger partial charge on any atom is -0.398 e. The van der Waals surface area contributed by atoms with Crippen molar-refractivity contribution >= 4 is 23.1 Å². The number of pyridine rings is 1. The summed E-state index contributed by atoms with van der Waals surface area (Å²) in [6.07, 6.45) is 0. The molecule has 1 aromatic heterocycles. The van der Waals surface area contributed by atoms with Crippen molar-refractivity contribution in [3.63, 3.8) is 0 Å². The Kier molecular flexibility index (Phi) is 3.60. The lowest BCUT2D eigenvalue weighted by Gasteiger charge is -2.07. The molecular formula is C13H12N4O3. The van der Waals surface area contributed by atoms with Gasteiger partial charge in [0.1, 0.15) is 5.82 Å². The number of aryl methyl sites for hydroxylation is 1. The summed E-state index contributed by atoms with van der Waals surface area (Å²) in [5, 5.41) is 13.3. The molecule has 2 rings (SSSR count). The lowest BCUT2D eigenvalue weighted by atomic mass is 10.1. The summed E-state index contributed by atoms with van der Waals surface area (Å²) in [4.78, 5) is 26.3. The first kappa shape index (κ1) is 13.5. The average molecular weight is 272 g/mol. The summed E-state index contributed by atoms with van der Waals surface area (Å²) in [6, 6.07) is 8.87. The molecule has 0 aliphatic heterocycles. The van der Waals surface area contributed by atoms with Crippen molar-refractivity contribution in [2.45, 2.75) is 6.92 Å². The Morgan fingerprint density at radius 3 is 2.75 bits per heavy atom. The van der Waals surface area contributed by atoms with Crippen molar-refractivity contribution in [1.82, 2.24) is 4.98 Å². The number of aromatic nitrogens is 1. The van der Waals surface area contributed by atoms with Gasteiger partial charge in [0.15, 0.2) is 0 Å². The molecule has 1 amide bonds. The molecule has 0 atom stereocenters. The molecule has 0 saturated carbocycles. The van der Waals surface area contributed by atoms with Gasteiger partial charge in [-0.05, 0) is 25.1 Å². The predicted octanol–water partition coefficient (Wildman–Crippen LogP) is 2.13. The molecule has 102 valence electrons. The Balaban J connectivity index is 2.29. The zero-order valence-electron chi connectivity index (χ0n) is 10.7. The fraction of sp³-hybridized carbons (Fsp3) is 0.0769. The number of hydrogen-bond donors (Lipinski definition) is 2. The molecule has 7 heteroatoms. The minimum absolute atomic E-state index is 0.0440. The standard InChI is InChI=1S/C13H12N4O3/c1-8-3-2-4-12(15-8)16-13(18)10-7-9(17(19)20)5-6-11(10)14/h2-7H,14H2,1H3,(H,15,16,18). The summed E-state index contributed by atoms with van der Waals surface area (Å²) < 4.78 is 0. The van der Waals surface area contributed by atoms with E-state index < -0.39 is 10.8 Å². The molecule has 1 aromatic carbocycles. The number of nitrogens with zero attached hydrogens (tertiary/aromatic N) is 2. The summed E-state index contributed by atoms with van der Waals surface area (Å²) in [5.41, 5.74) is 6.43. The third-order valence-electron chi connectivity index (χ3n) is 2.62. The number of benzene rings is 1. The maximum absolute atomic E-state index is 12.1. The Labute approximate surface area is 114 Å². The SMILES string of the molecule is Cc1cccc(NC(=O)c2cc([N+](=O)[O-])ccc2N)n1. The zero-order valence-corrected chi connectivity index (χ0v) is 10.7. The fourth-order valence-electron chi connectivity index (χ4n) is 1.65. The quantitative estimate of drug-likeness (QED) is 0.505. The molecule has 0 aliphatic carbocycles. The molecule has 0 spiro atoms. The van der Waals surface area contributed by atoms with Crippen molar-refractivity contribution < 1.29 is 9.72 Å². The molecule has 20 heavy (non-hydrogen) atoms. The van der Waals surface area contributed by atoms with Crippen molar-refractivity contribution in [2.75, 3.05) is 11.1 Å². The van der Waals surface area contributed by atoms with Crippen LogP contribution in [0.5, 0.6) is 0 Å². The van der Waals surface area contributed by atoms with Gasteiger partial charge >= 0.3 is 0 Å². The first-order valence-electron chi connectivity index (χ1n) is 5.76. The number of nitrogens with one attached hydrogen (secondary N) is 1. The summed E-state index contributed by atoms with van der Waals surface area (Å²) >= 11 is 0. The van der Waals surface area contributed by atoms with Crippen LogP contribution < -0.4 is 11.1 Å². The number of amides is 1. The third-order valence-corrected chi connectivity index (χ3v) is 2.62. The first-order chi connectivity index (χ1) is 9.47. The number of nitro groups is 1. The normalized spacial score (nSPS) is 10.1. The van der Waals surface area contributed by atoms with E-state index in [1.165, 1.54) is 12.1 Å². The van der Waals surface area contributed by atoms with Crippen LogP contribution in [-0.4, -0.2) is 15.8 Å². The number of non-ortho nitro benzene ring substituents is 1. The minimum atomic E-state index is -0.582. The second-order valence-electron chi connectivity index (χ2n) is 4.15. The average Bonchev–Trinajstić information content (AvgIpc) is 2.38. The van der Waals surface area contributed by atoms with Crippen LogP contribution in [-0.2, 0) is 0 Å². The van der Waals surface area contributed by atoms with Crippen molar-refractivity contribution in [1.29, 1.82) is 0 Å². The number of nitrogens with two attached hydrogens (primary N) is 1. The second-order valence-corrected chi connectivity index (χ2v) is 4.15. The van der Waals surface area contributed by atoms with Gasteiger partial charge in [0.05, 0.1) is 10.5 Å². The number of nitro benzene ring substituents is 1. The lowest BCUT2D eigenvalue weighted by molar-refractivity contribution is -0.384. The molecule has 0 fully saturated rings. The van der Waals surface area contributed by atoms with Crippen molar-refractivity contribution in [2.24, 2.45) is 0 Å². The molecular weight excluding hydrogens is 260 g/mol. The Morgan fingerprint density at radius 2 is 2.10 bits per heavy atom. The summed E-state index contributed by atoms with van der Waals surface area (Å²) in [5.74, 6) is -0.176. The molecule has 0 unspecified atom stereocenters. The molecule has 0 aliphatic rings. The highest BCUT2D eigenvalue weighted by Gasteiger charge is 2.15. The third kappa shape index (κ3) is 2.89. The molecule has 0 saturated heterocycles. The van der Waals surface area contributed by atoms with E-state index in [2.05, 4.69) is 10.3 Å². The van der Waals surface area contributed by atoms with Gasteiger partial charge in [0, 0.05) is 23.5 Å². The Bertz CT molecular complexity index is 685. The zero-order chi connectivity index (χ0) is 14.7. The summed E-state index contributed by atoms with van der Waals surface area (Å²) in [7, 11) is 0. The predicted molar refractivity (Wildman–Crippen MR) is 74.4 cm³/mol. The van der Waals surface area contributed by atoms with E-state index in [1.54, 1.807) is 25.1 Å². The van der Waals surface area contributed by atoms with Crippen LogP contribution in [0.25, 0.3) is 0 Å². The number of rotatable bonds is 3. The Morgan fingerprint density at radius 1 is 1.35 bits per heavy atom. The van der Waals surface area contributed by atoms with E-state index in [1.807, 2.05) is 0 Å². The number of anilines is 2. The number of nitrogen functional groups attached to an aromatic ring is 1. The maximum Gasteiger partial charge on any atom is 0.270 e. The lowest BCUT2D eigenvalue weighted by Crippen LogP contribution is -2.15. The summed E-state index contributed by atoms with van der Waals surface area (Å²) in [6.45, 7) is 1.79. The van der Waals surface area contributed by atoms with Gasteiger partial charge in [-0.2, -0.15) is 0 Å². The first-order valence-corrected chi connectivity index (χ1v) is 5.76. The monoisotopic (exact) mass is 272 g/mol. The Hall–Kier alpha value is -2.96. The topological polar surface area (TPSA) is 111 Å². The molecule has 3 N–H and O–H groups in total. The van der Waals surface area contributed by atoms with E-state index in [-0.39, 0.29) is 16.9 Å². The van der Waals surface area contributed by atoms with Crippen molar-refractivity contribution in [3.05, 3.63) is 57.8 Å². The largest absolute Gasteiger partial charge is 0.398 e. The van der Waals surface area contributed by atoms with Crippen LogP contribution in [0, 0.1) is 17.0 Å². The smallest absolute Gasteiger partial charge is 0.270 e. The van der Waals surface area contributed by atoms with Crippen LogP contribution in [0.3, 0.4) is 0 Å². The van der Waals surface area contributed by atoms with Crippen LogP contribution in [0.2, 0.25) is 0 Å². The molecule has 0 bridgehead atoms. The van der Waals surface area contributed by atoms with E-state index in [4.69, 9.17) is 5.73 Å². The van der Waals surface area contributed by atoms with Crippen molar-refractivity contribution in [3.8, 4) is 0 Å². The van der Waals surface area contributed by atoms with Crippen LogP contribution in [0.15, 0.2) is 36.4 Å². The molecule has 7 nitrogen and oxygen atoms in total. The van der Waals surface area contributed by atoms with E-state index in [0.29, 0.717) is 5.82 Å². The van der Waals surface area contributed by atoms with Crippen LogP contribution in [0.4, 0.5) is 17.2 Å². The van der Waals surface area contributed by atoms with E-state index >= 15 is 0 Å². The maximum atomic E-state index is 12.1. The number of hydrogen-bond acceptors (Lipinski definition) is 5. The van der Waals surface area contributed by atoms with Gasteiger partial charge in [-0.1, -0.05) is 6.07 Å². The van der Waals surface area contributed by atoms with Gasteiger partial charge < -0.3 is 11.1 Å². The number of carbonyl (C=O) groups excluding carboxylic acids is 1. The van der Waals surface area contributed by atoms with Gasteiger partial charge in [0.2, 0.25) is 0 Å². The van der Waals surface area contributed by atoms with Gasteiger partial charge in [0.25, 0.3) is 11.6 Å².